The number of pyridine rings is 1. The highest BCUT2D eigenvalue weighted by atomic mass is 16.5. The molecule has 0 aliphatic carbocycles. The minimum absolute atomic E-state index is 0.605. The third kappa shape index (κ3) is 4.08. The fraction of sp³-hybridized carbons (Fsp3) is 0.350. The number of hydrogen-bond acceptors (Lipinski definition) is 6. The average molecular weight is 349 g/mol. The van der Waals surface area contributed by atoms with Gasteiger partial charge in [-0.05, 0) is 43.5 Å². The zero-order valence-corrected chi connectivity index (χ0v) is 14.9. The molecule has 1 saturated heterocycles. The van der Waals surface area contributed by atoms with E-state index in [1.807, 2.05) is 42.6 Å². The summed E-state index contributed by atoms with van der Waals surface area (Å²) in [5, 5.41) is 7.55. The van der Waals surface area contributed by atoms with Gasteiger partial charge in [0.05, 0.1) is 6.54 Å². The van der Waals surface area contributed by atoms with Crippen molar-refractivity contribution in [3.63, 3.8) is 0 Å². The highest BCUT2D eigenvalue weighted by molar-refractivity contribution is 5.53. The molecular weight excluding hydrogens is 326 g/mol. The topological polar surface area (TPSA) is 67.1 Å². The van der Waals surface area contributed by atoms with E-state index in [1.54, 1.807) is 0 Å². The van der Waals surface area contributed by atoms with Crippen LogP contribution in [0.15, 0.2) is 53.2 Å². The van der Waals surface area contributed by atoms with Crippen molar-refractivity contribution in [2.75, 3.05) is 25.0 Å². The van der Waals surface area contributed by atoms with Crippen LogP contribution >= 0.6 is 0 Å². The number of anilines is 1. The molecule has 6 nitrogen and oxygen atoms in total. The lowest BCUT2D eigenvalue weighted by Gasteiger charge is -2.14. The Hall–Kier alpha value is -2.73. The van der Waals surface area contributed by atoms with Crippen molar-refractivity contribution < 1.29 is 4.52 Å². The molecule has 1 atom stereocenters. The summed E-state index contributed by atoms with van der Waals surface area (Å²) in [6, 6.07) is 14.0. The molecule has 0 saturated carbocycles. The number of aryl methyl sites for hydroxylation is 1. The molecule has 1 aliphatic heterocycles. The molecule has 26 heavy (non-hydrogen) atoms. The zero-order chi connectivity index (χ0) is 17.8. The standard InChI is InChI=1S/C20H23N5O/c1-15-7-9-21-18(11-15)22-12-16-8-10-25(13-16)14-19-23-20(24-26-19)17-5-3-2-4-6-17/h2-7,9,11,16H,8,10,12-14H2,1H3,(H,21,22). The first-order valence-electron chi connectivity index (χ1n) is 9.03. The van der Waals surface area contributed by atoms with Crippen molar-refractivity contribution in [1.82, 2.24) is 20.0 Å². The van der Waals surface area contributed by atoms with Gasteiger partial charge in [0.25, 0.3) is 0 Å². The van der Waals surface area contributed by atoms with Crippen LogP contribution in [0, 0.1) is 12.8 Å². The molecule has 6 heteroatoms. The predicted molar refractivity (Wildman–Crippen MR) is 101 cm³/mol. The Morgan fingerprint density at radius 3 is 2.96 bits per heavy atom. The molecule has 1 N–H and O–H groups in total. The van der Waals surface area contributed by atoms with Crippen molar-refractivity contribution >= 4 is 5.82 Å². The molecule has 134 valence electrons. The maximum Gasteiger partial charge on any atom is 0.241 e. The van der Waals surface area contributed by atoms with Gasteiger partial charge in [0.2, 0.25) is 11.7 Å². The van der Waals surface area contributed by atoms with E-state index in [-0.39, 0.29) is 0 Å². The molecule has 1 unspecified atom stereocenters. The number of nitrogens with zero attached hydrogens (tertiary/aromatic N) is 4. The quantitative estimate of drug-likeness (QED) is 0.736. The van der Waals surface area contributed by atoms with Crippen LogP contribution in [-0.2, 0) is 6.54 Å². The number of hydrogen-bond donors (Lipinski definition) is 1. The monoisotopic (exact) mass is 349 g/mol. The van der Waals surface area contributed by atoms with Crippen molar-refractivity contribution in [2.45, 2.75) is 19.9 Å². The summed E-state index contributed by atoms with van der Waals surface area (Å²) in [6.07, 6.45) is 3.01. The smallest absolute Gasteiger partial charge is 0.241 e. The summed E-state index contributed by atoms with van der Waals surface area (Å²) in [4.78, 5) is 11.3. The van der Waals surface area contributed by atoms with Crippen LogP contribution in [0.1, 0.15) is 17.9 Å². The van der Waals surface area contributed by atoms with Crippen molar-refractivity contribution in [3.05, 3.63) is 60.1 Å². The number of benzene rings is 1. The Balaban J connectivity index is 1.29. The summed E-state index contributed by atoms with van der Waals surface area (Å²) in [5.41, 5.74) is 2.21. The SMILES string of the molecule is Cc1ccnc(NCC2CCN(Cc3nc(-c4ccccc4)no3)C2)c1. The first kappa shape index (κ1) is 16.7. The van der Waals surface area contributed by atoms with E-state index in [0.717, 1.165) is 31.0 Å². The summed E-state index contributed by atoms with van der Waals surface area (Å²) >= 11 is 0. The molecule has 1 aromatic carbocycles. The Bertz CT molecular complexity index is 848. The maximum atomic E-state index is 5.43. The molecule has 0 spiro atoms. The van der Waals surface area contributed by atoms with Gasteiger partial charge < -0.3 is 9.84 Å². The first-order valence-corrected chi connectivity index (χ1v) is 9.03. The van der Waals surface area contributed by atoms with Crippen LogP contribution in [-0.4, -0.2) is 39.7 Å². The normalized spacial score (nSPS) is 17.5. The van der Waals surface area contributed by atoms with E-state index in [4.69, 9.17) is 4.52 Å². The van der Waals surface area contributed by atoms with E-state index in [2.05, 4.69) is 38.3 Å². The highest BCUT2D eigenvalue weighted by Crippen LogP contribution is 2.20. The number of rotatable bonds is 6. The Labute approximate surface area is 153 Å². The number of nitrogens with one attached hydrogen (secondary N) is 1. The molecule has 3 aromatic rings. The van der Waals surface area contributed by atoms with Crippen LogP contribution in [0.3, 0.4) is 0 Å². The molecule has 0 amide bonds. The van der Waals surface area contributed by atoms with Crippen molar-refractivity contribution in [2.24, 2.45) is 5.92 Å². The zero-order valence-electron chi connectivity index (χ0n) is 14.9. The highest BCUT2D eigenvalue weighted by Gasteiger charge is 2.24. The predicted octanol–water partition coefficient (Wildman–Crippen LogP) is 3.37. The Morgan fingerprint density at radius 1 is 1.23 bits per heavy atom. The molecule has 3 heterocycles. The van der Waals surface area contributed by atoms with Gasteiger partial charge in [-0.15, -0.1) is 0 Å². The van der Waals surface area contributed by atoms with Gasteiger partial charge in [0.15, 0.2) is 0 Å². The van der Waals surface area contributed by atoms with Crippen molar-refractivity contribution in [1.29, 1.82) is 0 Å². The van der Waals surface area contributed by atoms with E-state index < -0.39 is 0 Å². The van der Waals surface area contributed by atoms with Gasteiger partial charge in [-0.1, -0.05) is 35.5 Å². The molecule has 0 radical (unpaired) electrons. The van der Waals surface area contributed by atoms with E-state index in [0.29, 0.717) is 24.2 Å². The second kappa shape index (κ2) is 7.66. The third-order valence-electron chi connectivity index (χ3n) is 4.72. The van der Waals surface area contributed by atoms with Crippen molar-refractivity contribution in [3.8, 4) is 11.4 Å². The van der Waals surface area contributed by atoms with Gasteiger partial charge >= 0.3 is 0 Å². The Morgan fingerprint density at radius 2 is 2.12 bits per heavy atom. The molecule has 0 bridgehead atoms. The molecule has 4 rings (SSSR count). The lowest BCUT2D eigenvalue weighted by Crippen LogP contribution is -2.23. The molecular formula is C20H23N5O. The van der Waals surface area contributed by atoms with Crippen LogP contribution < -0.4 is 5.32 Å². The molecule has 2 aromatic heterocycles. The fourth-order valence-corrected chi connectivity index (χ4v) is 3.32. The van der Waals surface area contributed by atoms with Crippen LogP contribution in [0.5, 0.6) is 0 Å². The van der Waals surface area contributed by atoms with Crippen LogP contribution in [0.25, 0.3) is 11.4 Å². The van der Waals surface area contributed by atoms with E-state index >= 15 is 0 Å². The molecule has 1 fully saturated rings. The Kier molecular flexibility index (Phi) is 4.93. The lowest BCUT2D eigenvalue weighted by atomic mass is 10.1. The third-order valence-corrected chi connectivity index (χ3v) is 4.72. The van der Waals surface area contributed by atoms with E-state index in [9.17, 15) is 0 Å². The summed E-state index contributed by atoms with van der Waals surface area (Å²) in [7, 11) is 0. The lowest BCUT2D eigenvalue weighted by molar-refractivity contribution is 0.261. The van der Waals surface area contributed by atoms with Crippen LogP contribution in [0.4, 0.5) is 5.82 Å². The summed E-state index contributed by atoms with van der Waals surface area (Å²) < 4.78 is 5.43. The van der Waals surface area contributed by atoms with Gasteiger partial charge in [-0.3, -0.25) is 4.90 Å². The minimum Gasteiger partial charge on any atom is -0.370 e. The number of aromatic nitrogens is 3. The molecule has 1 aliphatic rings. The second-order valence-corrected chi connectivity index (χ2v) is 6.87. The van der Waals surface area contributed by atoms with Gasteiger partial charge in [0.1, 0.15) is 5.82 Å². The van der Waals surface area contributed by atoms with E-state index in [1.165, 1.54) is 12.0 Å². The average Bonchev–Trinajstić information content (AvgIpc) is 3.31. The minimum atomic E-state index is 0.605. The van der Waals surface area contributed by atoms with Gasteiger partial charge in [-0.25, -0.2) is 4.98 Å². The first-order chi connectivity index (χ1) is 12.8. The van der Waals surface area contributed by atoms with Gasteiger partial charge in [-0.2, -0.15) is 4.98 Å². The second-order valence-electron chi connectivity index (χ2n) is 6.87. The largest absolute Gasteiger partial charge is 0.370 e. The van der Waals surface area contributed by atoms with Gasteiger partial charge in [0, 0.05) is 24.8 Å². The van der Waals surface area contributed by atoms with Crippen LogP contribution in [0.2, 0.25) is 0 Å². The fourth-order valence-electron chi connectivity index (χ4n) is 3.32. The summed E-state index contributed by atoms with van der Waals surface area (Å²) in [6.45, 7) is 5.81. The maximum absolute atomic E-state index is 5.43. The number of likely N-dealkylation sites (tertiary alicyclic amines) is 1. The summed E-state index contributed by atoms with van der Waals surface area (Å²) in [5.74, 6) is 2.89.